The van der Waals surface area contributed by atoms with Crippen LogP contribution in [0, 0.1) is 18.3 Å². The first-order valence-electron chi connectivity index (χ1n) is 9.30. The van der Waals surface area contributed by atoms with E-state index in [0.29, 0.717) is 17.1 Å². The van der Waals surface area contributed by atoms with Gasteiger partial charge in [-0.2, -0.15) is 5.26 Å². The molecule has 0 bridgehead atoms. The van der Waals surface area contributed by atoms with Gasteiger partial charge in [0.05, 0.1) is 23.4 Å². The van der Waals surface area contributed by atoms with E-state index < -0.39 is 11.8 Å². The lowest BCUT2D eigenvalue weighted by atomic mass is 9.96. The number of anilines is 1. The van der Waals surface area contributed by atoms with Crippen molar-refractivity contribution >= 4 is 28.4 Å². The van der Waals surface area contributed by atoms with Crippen LogP contribution in [-0.2, 0) is 7.05 Å². The molecule has 148 valence electrons. The number of carbonyl (C=O) groups excluding carboxylic acids is 2. The van der Waals surface area contributed by atoms with Gasteiger partial charge in [0.25, 0.3) is 5.91 Å². The van der Waals surface area contributed by atoms with Gasteiger partial charge in [0.1, 0.15) is 5.82 Å². The quantitative estimate of drug-likeness (QED) is 0.507. The fraction of sp³-hybridized carbons (Fsp3) is 0.130. The van der Waals surface area contributed by atoms with E-state index in [0.717, 1.165) is 16.6 Å². The van der Waals surface area contributed by atoms with Gasteiger partial charge < -0.3 is 14.3 Å². The maximum absolute atomic E-state index is 13.2. The molecule has 2 heterocycles. The third-order valence-corrected chi connectivity index (χ3v) is 4.99. The summed E-state index contributed by atoms with van der Waals surface area (Å²) in [6, 6.07) is 17.7. The van der Waals surface area contributed by atoms with Gasteiger partial charge in [-0.1, -0.05) is 24.3 Å². The number of aryl methyl sites for hydroxylation is 2. The first kappa shape index (κ1) is 19.2. The van der Waals surface area contributed by atoms with E-state index in [1.54, 1.807) is 41.9 Å². The number of rotatable bonds is 5. The molecule has 30 heavy (non-hydrogen) atoms. The molecule has 2 aromatic carbocycles. The summed E-state index contributed by atoms with van der Waals surface area (Å²) < 4.78 is 6.87. The van der Waals surface area contributed by atoms with Gasteiger partial charge in [0.2, 0.25) is 0 Å². The van der Waals surface area contributed by atoms with Crippen molar-refractivity contribution in [1.29, 1.82) is 5.26 Å². The minimum Gasteiger partial charge on any atom is -0.459 e. The van der Waals surface area contributed by atoms with Crippen LogP contribution in [0.1, 0.15) is 38.2 Å². The molecule has 0 fully saturated rings. The predicted molar refractivity (Wildman–Crippen MR) is 111 cm³/mol. The van der Waals surface area contributed by atoms with Crippen LogP contribution < -0.4 is 5.32 Å². The standard InChI is InChI=1S/C23H18N4O3/c1-14-9-10-15(12-18(14)26-23(29)20-8-5-11-30-20)21(28)16(13-24)22-25-17-6-3-4-7-19(17)27(22)2/h3-12,16H,1-2H3,(H,26,29). The molecule has 0 aliphatic heterocycles. The van der Waals surface area contributed by atoms with E-state index in [-0.39, 0.29) is 11.5 Å². The predicted octanol–water partition coefficient (Wildman–Crippen LogP) is 4.22. The molecule has 7 heteroatoms. The van der Waals surface area contributed by atoms with Gasteiger partial charge in [0.15, 0.2) is 17.5 Å². The minimum atomic E-state index is -1.07. The highest BCUT2D eigenvalue weighted by molar-refractivity contribution is 6.06. The van der Waals surface area contributed by atoms with Crippen molar-refractivity contribution in [1.82, 2.24) is 9.55 Å². The van der Waals surface area contributed by atoms with Crippen molar-refractivity contribution in [2.75, 3.05) is 5.32 Å². The smallest absolute Gasteiger partial charge is 0.291 e. The molecule has 0 spiro atoms. The summed E-state index contributed by atoms with van der Waals surface area (Å²) in [7, 11) is 1.78. The molecule has 4 aromatic rings. The number of aromatic nitrogens is 2. The van der Waals surface area contributed by atoms with E-state index in [1.165, 1.54) is 6.26 Å². The zero-order valence-electron chi connectivity index (χ0n) is 16.4. The molecule has 1 atom stereocenters. The Bertz CT molecular complexity index is 1300. The second kappa shape index (κ2) is 7.68. The van der Waals surface area contributed by atoms with Gasteiger partial charge in [-0.25, -0.2) is 4.98 Å². The first-order chi connectivity index (χ1) is 14.5. The van der Waals surface area contributed by atoms with Gasteiger partial charge in [-0.05, 0) is 42.8 Å². The number of hydrogen-bond donors (Lipinski definition) is 1. The lowest BCUT2D eigenvalue weighted by Crippen LogP contribution is -2.17. The van der Waals surface area contributed by atoms with Crippen molar-refractivity contribution in [3.63, 3.8) is 0 Å². The van der Waals surface area contributed by atoms with E-state index >= 15 is 0 Å². The average Bonchev–Trinajstić information content (AvgIpc) is 3.40. The first-order valence-corrected chi connectivity index (χ1v) is 9.30. The van der Waals surface area contributed by atoms with Gasteiger partial charge in [-0.3, -0.25) is 9.59 Å². The largest absolute Gasteiger partial charge is 0.459 e. The highest BCUT2D eigenvalue weighted by Crippen LogP contribution is 2.26. The van der Waals surface area contributed by atoms with E-state index in [1.807, 2.05) is 31.2 Å². The Morgan fingerprint density at radius 2 is 1.97 bits per heavy atom. The Balaban J connectivity index is 1.67. The second-order valence-corrected chi connectivity index (χ2v) is 6.91. The number of nitrogens with zero attached hydrogens (tertiary/aromatic N) is 3. The summed E-state index contributed by atoms with van der Waals surface area (Å²) in [6.45, 7) is 1.82. The number of nitriles is 1. The average molecular weight is 398 g/mol. The molecule has 2 aromatic heterocycles. The maximum Gasteiger partial charge on any atom is 0.291 e. The van der Waals surface area contributed by atoms with Gasteiger partial charge in [0, 0.05) is 18.3 Å². The number of nitrogens with one attached hydrogen (secondary N) is 1. The van der Waals surface area contributed by atoms with Crippen LogP contribution in [-0.4, -0.2) is 21.2 Å². The summed E-state index contributed by atoms with van der Waals surface area (Å²) in [5, 5.41) is 12.5. The highest BCUT2D eigenvalue weighted by Gasteiger charge is 2.27. The second-order valence-electron chi connectivity index (χ2n) is 6.91. The summed E-state index contributed by atoms with van der Waals surface area (Å²) in [4.78, 5) is 30.0. The third kappa shape index (κ3) is 3.35. The number of fused-ring (bicyclic) bond motifs is 1. The number of amides is 1. The molecule has 7 nitrogen and oxygen atoms in total. The molecule has 0 aliphatic rings. The number of hydrogen-bond acceptors (Lipinski definition) is 5. The molecule has 1 amide bonds. The van der Waals surface area contributed by atoms with Crippen molar-refractivity contribution in [2.24, 2.45) is 7.05 Å². The summed E-state index contributed by atoms with van der Waals surface area (Å²) in [5.41, 5.74) is 3.13. The highest BCUT2D eigenvalue weighted by atomic mass is 16.3. The Labute approximate surface area is 172 Å². The Kier molecular flexibility index (Phi) is 4.90. The van der Waals surface area contributed by atoms with E-state index in [4.69, 9.17) is 4.42 Å². The van der Waals surface area contributed by atoms with Crippen LogP contribution in [0.5, 0.6) is 0 Å². The number of carbonyl (C=O) groups is 2. The zero-order chi connectivity index (χ0) is 21.3. The van der Waals surface area contributed by atoms with Gasteiger partial charge in [-0.15, -0.1) is 0 Å². The van der Waals surface area contributed by atoms with E-state index in [2.05, 4.69) is 16.4 Å². The molecule has 1 unspecified atom stereocenters. The minimum absolute atomic E-state index is 0.167. The number of benzene rings is 2. The van der Waals surface area contributed by atoms with Gasteiger partial charge >= 0.3 is 0 Å². The lowest BCUT2D eigenvalue weighted by Gasteiger charge is -2.12. The van der Waals surface area contributed by atoms with Crippen LogP contribution in [0.3, 0.4) is 0 Å². The maximum atomic E-state index is 13.2. The monoisotopic (exact) mass is 398 g/mol. The molecule has 0 aliphatic carbocycles. The third-order valence-electron chi connectivity index (χ3n) is 4.99. The summed E-state index contributed by atoms with van der Waals surface area (Å²) in [6.07, 6.45) is 1.41. The topological polar surface area (TPSA) is 101 Å². The Morgan fingerprint density at radius 1 is 1.17 bits per heavy atom. The van der Waals surface area contributed by atoms with Crippen LogP contribution in [0.2, 0.25) is 0 Å². The van der Waals surface area contributed by atoms with Crippen molar-refractivity contribution in [2.45, 2.75) is 12.8 Å². The van der Waals surface area contributed by atoms with Crippen LogP contribution in [0.4, 0.5) is 5.69 Å². The Morgan fingerprint density at radius 3 is 2.67 bits per heavy atom. The van der Waals surface area contributed by atoms with Crippen molar-refractivity contribution < 1.29 is 14.0 Å². The van der Waals surface area contributed by atoms with Crippen LogP contribution in [0.25, 0.3) is 11.0 Å². The van der Waals surface area contributed by atoms with Crippen LogP contribution >= 0.6 is 0 Å². The number of Topliss-reactive ketones (excluding diaryl/α,β-unsaturated/α-hetero) is 1. The van der Waals surface area contributed by atoms with Crippen molar-refractivity contribution in [3.05, 3.63) is 83.6 Å². The molecular formula is C23H18N4O3. The number of imidazole rings is 1. The number of furan rings is 1. The fourth-order valence-corrected chi connectivity index (χ4v) is 3.32. The van der Waals surface area contributed by atoms with E-state index in [9.17, 15) is 14.9 Å². The lowest BCUT2D eigenvalue weighted by molar-refractivity contribution is 0.0971. The summed E-state index contributed by atoms with van der Waals surface area (Å²) in [5.74, 6) is -1.32. The normalized spacial score (nSPS) is 11.8. The number of para-hydroxylation sites is 2. The number of ketones is 1. The molecule has 4 rings (SSSR count). The summed E-state index contributed by atoms with van der Waals surface area (Å²) >= 11 is 0. The molecular weight excluding hydrogens is 380 g/mol. The molecule has 0 saturated heterocycles. The Hall–Kier alpha value is -4.18. The van der Waals surface area contributed by atoms with Crippen molar-refractivity contribution in [3.8, 4) is 6.07 Å². The SMILES string of the molecule is Cc1ccc(C(=O)C(C#N)c2nc3ccccc3n2C)cc1NC(=O)c1ccco1. The molecule has 0 radical (unpaired) electrons. The fourth-order valence-electron chi connectivity index (χ4n) is 3.32. The van der Waals surface area contributed by atoms with Crippen LogP contribution in [0.15, 0.2) is 65.3 Å². The molecule has 0 saturated carbocycles. The zero-order valence-corrected chi connectivity index (χ0v) is 16.4. The molecule has 1 N–H and O–H groups in total.